The third kappa shape index (κ3) is 3.71. The average Bonchev–Trinajstić information content (AvgIpc) is 1.82. The van der Waals surface area contributed by atoms with Crippen molar-refractivity contribution in [3.8, 4) is 0 Å². The molecule has 0 rings (SSSR count). The van der Waals surface area contributed by atoms with Gasteiger partial charge in [-0.2, -0.15) is 0 Å². The zero-order chi connectivity index (χ0) is 8.15. The molecule has 0 aliphatic heterocycles. The van der Waals surface area contributed by atoms with Crippen molar-refractivity contribution in [3.63, 3.8) is 0 Å². The summed E-state index contributed by atoms with van der Waals surface area (Å²) in [7, 11) is 1.51. The first-order chi connectivity index (χ1) is 4.54. The number of hydrogen-bond donors (Lipinski definition) is 2. The van der Waals surface area contributed by atoms with Crippen molar-refractivity contribution < 1.29 is 9.59 Å². The highest BCUT2D eigenvalue weighted by Gasteiger charge is 2.03. The molecule has 0 aliphatic rings. The molecule has 0 atom stereocenters. The Labute approximate surface area is 59.0 Å². The molecule has 0 bridgehead atoms. The van der Waals surface area contributed by atoms with Gasteiger partial charge in [0.15, 0.2) is 0 Å². The van der Waals surface area contributed by atoms with Crippen LogP contribution in [0.2, 0.25) is 0 Å². The molecule has 5 nitrogen and oxygen atoms in total. The Morgan fingerprint density at radius 3 is 2.20 bits per heavy atom. The number of carbonyl (C=O) groups excluding carboxylic acids is 2. The first-order valence-corrected chi connectivity index (χ1v) is 2.83. The number of carbonyl (C=O) groups is 2. The van der Waals surface area contributed by atoms with E-state index in [9.17, 15) is 9.59 Å². The van der Waals surface area contributed by atoms with Crippen LogP contribution >= 0.6 is 0 Å². The SMILES string of the molecule is CN(CCC(N)=O)C(N)=O. The normalized spacial score (nSPS) is 8.90. The Hall–Kier alpha value is -1.26. The Bertz CT molecular complexity index is 146. The summed E-state index contributed by atoms with van der Waals surface area (Å²) in [6, 6.07) is -0.554. The molecule has 0 saturated carbocycles. The highest BCUT2D eigenvalue weighted by Crippen LogP contribution is 1.84. The molecule has 0 aromatic heterocycles. The summed E-state index contributed by atoms with van der Waals surface area (Å²) in [4.78, 5) is 21.7. The molecule has 4 N–H and O–H groups in total. The van der Waals surface area contributed by atoms with E-state index in [0.717, 1.165) is 0 Å². The molecule has 10 heavy (non-hydrogen) atoms. The molecular weight excluding hydrogens is 134 g/mol. The van der Waals surface area contributed by atoms with Crippen molar-refractivity contribution in [2.75, 3.05) is 13.6 Å². The van der Waals surface area contributed by atoms with Gasteiger partial charge in [0.1, 0.15) is 0 Å². The van der Waals surface area contributed by atoms with Gasteiger partial charge >= 0.3 is 6.03 Å². The van der Waals surface area contributed by atoms with Gasteiger partial charge in [0.2, 0.25) is 5.91 Å². The fourth-order valence-corrected chi connectivity index (χ4v) is 0.388. The summed E-state index contributed by atoms with van der Waals surface area (Å²) in [5, 5.41) is 0. The van der Waals surface area contributed by atoms with Gasteiger partial charge in [-0.05, 0) is 0 Å². The molecule has 0 aromatic rings. The second-order valence-corrected chi connectivity index (χ2v) is 1.98. The summed E-state index contributed by atoms with van der Waals surface area (Å²) in [5.74, 6) is -0.437. The van der Waals surface area contributed by atoms with Gasteiger partial charge < -0.3 is 16.4 Å². The molecule has 5 heteroatoms. The van der Waals surface area contributed by atoms with Crippen molar-refractivity contribution in [3.05, 3.63) is 0 Å². The largest absolute Gasteiger partial charge is 0.370 e. The molecule has 0 saturated heterocycles. The molecule has 0 unspecified atom stereocenters. The van der Waals surface area contributed by atoms with Crippen LogP contribution in [-0.4, -0.2) is 30.4 Å². The van der Waals surface area contributed by atoms with Gasteiger partial charge in [0.05, 0.1) is 0 Å². The summed E-state index contributed by atoms with van der Waals surface area (Å²) < 4.78 is 0. The number of nitrogens with zero attached hydrogens (tertiary/aromatic N) is 1. The van der Waals surface area contributed by atoms with Gasteiger partial charge in [-0.1, -0.05) is 0 Å². The number of primary amides is 2. The number of urea groups is 1. The minimum absolute atomic E-state index is 0.152. The van der Waals surface area contributed by atoms with Crippen LogP contribution in [0.1, 0.15) is 6.42 Å². The molecule has 0 radical (unpaired) electrons. The van der Waals surface area contributed by atoms with Gasteiger partial charge in [-0.25, -0.2) is 4.79 Å². The average molecular weight is 145 g/mol. The molecule has 3 amide bonds. The fourth-order valence-electron chi connectivity index (χ4n) is 0.388. The van der Waals surface area contributed by atoms with Crippen molar-refractivity contribution >= 4 is 11.9 Å². The summed E-state index contributed by atoms with van der Waals surface area (Å²) in [5.41, 5.74) is 9.68. The van der Waals surface area contributed by atoms with E-state index >= 15 is 0 Å². The van der Waals surface area contributed by atoms with Gasteiger partial charge in [-0.15, -0.1) is 0 Å². The first-order valence-electron chi connectivity index (χ1n) is 2.83. The van der Waals surface area contributed by atoms with E-state index in [0.29, 0.717) is 0 Å². The lowest BCUT2D eigenvalue weighted by atomic mass is 10.4. The van der Waals surface area contributed by atoms with E-state index in [1.54, 1.807) is 0 Å². The van der Waals surface area contributed by atoms with E-state index in [1.807, 2.05) is 0 Å². The first kappa shape index (κ1) is 8.74. The zero-order valence-electron chi connectivity index (χ0n) is 5.83. The van der Waals surface area contributed by atoms with Crippen molar-refractivity contribution in [2.45, 2.75) is 6.42 Å². The second-order valence-electron chi connectivity index (χ2n) is 1.98. The summed E-state index contributed by atoms with van der Waals surface area (Å²) in [6.45, 7) is 0.282. The van der Waals surface area contributed by atoms with Gasteiger partial charge in [-0.3, -0.25) is 4.79 Å². The third-order valence-corrected chi connectivity index (χ3v) is 1.07. The van der Waals surface area contributed by atoms with E-state index in [2.05, 4.69) is 0 Å². The second kappa shape index (κ2) is 3.71. The van der Waals surface area contributed by atoms with E-state index in [1.165, 1.54) is 11.9 Å². The third-order valence-electron chi connectivity index (χ3n) is 1.07. The summed E-state index contributed by atoms with van der Waals surface area (Å²) in [6.07, 6.45) is 0.152. The standard InChI is InChI=1S/C5H11N3O2/c1-8(5(7)10)3-2-4(6)9/h2-3H2,1H3,(H2,6,9)(H2,7,10). The number of nitrogens with two attached hydrogens (primary N) is 2. The summed E-state index contributed by atoms with van der Waals surface area (Å²) >= 11 is 0. The predicted molar refractivity (Wildman–Crippen MR) is 36.0 cm³/mol. The predicted octanol–water partition coefficient (Wildman–Crippen LogP) is -1.13. The molecule has 0 aromatic carbocycles. The number of amides is 3. The van der Waals surface area contributed by atoms with Crippen LogP contribution in [0.25, 0.3) is 0 Å². The van der Waals surface area contributed by atoms with Crippen molar-refractivity contribution in [1.29, 1.82) is 0 Å². The highest BCUT2D eigenvalue weighted by atomic mass is 16.2. The lowest BCUT2D eigenvalue weighted by molar-refractivity contribution is -0.118. The van der Waals surface area contributed by atoms with Crippen LogP contribution in [0.5, 0.6) is 0 Å². The van der Waals surface area contributed by atoms with Crippen LogP contribution in [0.4, 0.5) is 4.79 Å². The molecule has 0 spiro atoms. The Morgan fingerprint density at radius 2 is 1.90 bits per heavy atom. The maximum absolute atomic E-state index is 10.3. The van der Waals surface area contributed by atoms with Gasteiger partial charge in [0, 0.05) is 20.0 Å². The monoisotopic (exact) mass is 145 g/mol. The smallest absolute Gasteiger partial charge is 0.314 e. The van der Waals surface area contributed by atoms with Crippen molar-refractivity contribution in [1.82, 2.24) is 4.90 Å². The van der Waals surface area contributed by atoms with Crippen LogP contribution in [-0.2, 0) is 4.79 Å². The Kier molecular flexibility index (Phi) is 3.24. The number of rotatable bonds is 3. The topological polar surface area (TPSA) is 89.4 Å². The lowest BCUT2D eigenvalue weighted by Crippen LogP contribution is -2.34. The number of hydrogen-bond acceptors (Lipinski definition) is 2. The zero-order valence-corrected chi connectivity index (χ0v) is 5.83. The molecule has 58 valence electrons. The van der Waals surface area contributed by atoms with E-state index in [4.69, 9.17) is 11.5 Å². The molecule has 0 heterocycles. The van der Waals surface area contributed by atoms with Crippen LogP contribution in [0, 0.1) is 0 Å². The van der Waals surface area contributed by atoms with Crippen LogP contribution in [0.3, 0.4) is 0 Å². The van der Waals surface area contributed by atoms with Crippen LogP contribution in [0.15, 0.2) is 0 Å². The van der Waals surface area contributed by atoms with Crippen LogP contribution < -0.4 is 11.5 Å². The van der Waals surface area contributed by atoms with E-state index in [-0.39, 0.29) is 13.0 Å². The molecule has 0 fully saturated rings. The maximum atomic E-state index is 10.3. The van der Waals surface area contributed by atoms with Gasteiger partial charge in [0.25, 0.3) is 0 Å². The maximum Gasteiger partial charge on any atom is 0.314 e. The minimum Gasteiger partial charge on any atom is -0.370 e. The van der Waals surface area contributed by atoms with E-state index < -0.39 is 11.9 Å². The van der Waals surface area contributed by atoms with Crippen molar-refractivity contribution in [2.24, 2.45) is 11.5 Å². The highest BCUT2D eigenvalue weighted by molar-refractivity contribution is 5.76. The lowest BCUT2D eigenvalue weighted by Gasteiger charge is -2.11. The Morgan fingerprint density at radius 1 is 1.40 bits per heavy atom. The minimum atomic E-state index is -0.554. The fraction of sp³-hybridized carbons (Fsp3) is 0.600. The molecule has 0 aliphatic carbocycles. The quantitative estimate of drug-likeness (QED) is 0.526. The molecular formula is C5H11N3O2. The Balaban J connectivity index is 3.49.